The largest absolute Gasteiger partial charge is 0.478 e. The Kier molecular flexibility index (Phi) is 7.75. The van der Waals surface area contributed by atoms with E-state index < -0.39 is 16.0 Å². The van der Waals surface area contributed by atoms with E-state index in [2.05, 4.69) is 14.5 Å². The predicted molar refractivity (Wildman–Crippen MR) is 132 cm³/mol. The van der Waals surface area contributed by atoms with Crippen molar-refractivity contribution >= 4 is 27.4 Å². The van der Waals surface area contributed by atoms with Crippen molar-refractivity contribution in [2.24, 2.45) is 5.92 Å². The SMILES string of the molecule is Cc1ccccc1S(=O)(=O)Nc1ccc(N2CCC(CCN3CCOCC3)CC2)c(C(=O)O)c1. The number of hydrogen-bond acceptors (Lipinski definition) is 6. The Morgan fingerprint density at radius 1 is 1.09 bits per heavy atom. The summed E-state index contributed by atoms with van der Waals surface area (Å²) in [6.07, 6.45) is 3.19. The fourth-order valence-corrected chi connectivity index (χ4v) is 6.06. The molecule has 2 fully saturated rings. The van der Waals surface area contributed by atoms with Gasteiger partial charge in [0.15, 0.2) is 0 Å². The molecule has 8 nitrogen and oxygen atoms in total. The zero-order chi connectivity index (χ0) is 24.1. The number of aromatic carboxylic acids is 1. The minimum atomic E-state index is -3.82. The fourth-order valence-electron chi connectivity index (χ4n) is 4.77. The van der Waals surface area contributed by atoms with Crippen LogP contribution in [0.15, 0.2) is 47.4 Å². The maximum absolute atomic E-state index is 12.8. The summed E-state index contributed by atoms with van der Waals surface area (Å²) in [5.41, 5.74) is 1.61. The Morgan fingerprint density at radius 2 is 1.79 bits per heavy atom. The Hall–Kier alpha value is -2.62. The number of aryl methyl sites for hydroxylation is 1. The van der Waals surface area contributed by atoms with Crippen LogP contribution in [0, 0.1) is 12.8 Å². The molecule has 0 saturated carbocycles. The first-order valence-electron chi connectivity index (χ1n) is 11.8. The first-order valence-corrected chi connectivity index (χ1v) is 13.3. The van der Waals surface area contributed by atoms with Crippen molar-refractivity contribution in [2.45, 2.75) is 31.1 Å². The second-order valence-electron chi connectivity index (χ2n) is 9.08. The number of carboxylic acids is 1. The number of anilines is 2. The Bertz CT molecular complexity index is 1110. The Morgan fingerprint density at radius 3 is 2.47 bits per heavy atom. The maximum Gasteiger partial charge on any atom is 0.337 e. The molecule has 4 rings (SSSR count). The number of ether oxygens (including phenoxy) is 1. The molecular formula is C25H33N3O5S. The number of morpholine rings is 1. The molecule has 9 heteroatoms. The van der Waals surface area contributed by atoms with Gasteiger partial charge in [0.1, 0.15) is 0 Å². The van der Waals surface area contributed by atoms with Gasteiger partial charge in [-0.1, -0.05) is 18.2 Å². The highest BCUT2D eigenvalue weighted by molar-refractivity contribution is 7.92. The number of rotatable bonds is 8. The minimum Gasteiger partial charge on any atom is -0.478 e. The van der Waals surface area contributed by atoms with Gasteiger partial charge in [-0.3, -0.25) is 9.62 Å². The second kappa shape index (κ2) is 10.8. The fraction of sp³-hybridized carbons (Fsp3) is 0.480. The molecule has 0 spiro atoms. The quantitative estimate of drug-likeness (QED) is 0.589. The van der Waals surface area contributed by atoms with Gasteiger partial charge in [0, 0.05) is 31.9 Å². The number of carboxylic acid groups (broad SMARTS) is 1. The van der Waals surface area contributed by atoms with Gasteiger partial charge in [0.05, 0.1) is 29.4 Å². The predicted octanol–water partition coefficient (Wildman–Crippen LogP) is 3.43. The lowest BCUT2D eigenvalue weighted by molar-refractivity contribution is 0.0349. The summed E-state index contributed by atoms with van der Waals surface area (Å²) in [6, 6.07) is 11.5. The van der Waals surface area contributed by atoms with Gasteiger partial charge >= 0.3 is 5.97 Å². The Labute approximate surface area is 201 Å². The number of nitrogens with one attached hydrogen (secondary N) is 1. The van der Waals surface area contributed by atoms with Crippen LogP contribution in [0.2, 0.25) is 0 Å². The molecule has 0 unspecified atom stereocenters. The normalized spacial score (nSPS) is 18.1. The van der Waals surface area contributed by atoms with Crippen LogP contribution in [0.5, 0.6) is 0 Å². The summed E-state index contributed by atoms with van der Waals surface area (Å²) < 4.78 is 33.6. The molecule has 2 aliphatic heterocycles. The van der Waals surface area contributed by atoms with Gasteiger partial charge in [-0.05, 0) is 68.5 Å². The second-order valence-corrected chi connectivity index (χ2v) is 10.7. The molecule has 2 aromatic carbocycles. The first-order chi connectivity index (χ1) is 16.3. The highest BCUT2D eigenvalue weighted by atomic mass is 32.2. The van der Waals surface area contributed by atoms with Crippen molar-refractivity contribution < 1.29 is 23.1 Å². The van der Waals surface area contributed by atoms with E-state index in [0.29, 0.717) is 17.2 Å². The number of sulfonamides is 1. The molecule has 0 atom stereocenters. The van der Waals surface area contributed by atoms with Crippen LogP contribution >= 0.6 is 0 Å². The zero-order valence-corrected chi connectivity index (χ0v) is 20.4. The summed E-state index contributed by atoms with van der Waals surface area (Å²) in [5, 5.41) is 9.84. The third kappa shape index (κ3) is 5.89. The number of carbonyl (C=O) groups is 1. The van der Waals surface area contributed by atoms with Crippen LogP contribution in [0.4, 0.5) is 11.4 Å². The van der Waals surface area contributed by atoms with E-state index in [4.69, 9.17) is 4.74 Å². The molecular weight excluding hydrogens is 454 g/mol. The number of benzene rings is 2. The number of piperidine rings is 1. The van der Waals surface area contributed by atoms with E-state index in [-0.39, 0.29) is 16.1 Å². The Balaban J connectivity index is 1.41. The lowest BCUT2D eigenvalue weighted by Gasteiger charge is -2.35. The molecule has 0 radical (unpaired) electrons. The lowest BCUT2D eigenvalue weighted by Crippen LogP contribution is -2.39. The van der Waals surface area contributed by atoms with E-state index in [1.807, 2.05) is 0 Å². The van der Waals surface area contributed by atoms with Crippen LogP contribution in [-0.2, 0) is 14.8 Å². The van der Waals surface area contributed by atoms with Crippen LogP contribution in [0.25, 0.3) is 0 Å². The molecule has 34 heavy (non-hydrogen) atoms. The van der Waals surface area contributed by atoms with Gasteiger partial charge < -0.3 is 14.7 Å². The van der Waals surface area contributed by atoms with Gasteiger partial charge in [-0.15, -0.1) is 0 Å². The van der Waals surface area contributed by atoms with Crippen molar-refractivity contribution in [2.75, 3.05) is 55.6 Å². The molecule has 184 valence electrons. The zero-order valence-electron chi connectivity index (χ0n) is 19.6. The topological polar surface area (TPSA) is 99.2 Å². The molecule has 2 aromatic rings. The molecule has 0 aliphatic carbocycles. The van der Waals surface area contributed by atoms with Gasteiger partial charge in [-0.25, -0.2) is 13.2 Å². The average molecular weight is 488 g/mol. The van der Waals surface area contributed by atoms with E-state index in [1.165, 1.54) is 12.1 Å². The summed E-state index contributed by atoms with van der Waals surface area (Å²) in [7, 11) is -3.82. The standard InChI is InChI=1S/C25H33N3O5S/c1-19-4-2-3-5-24(19)34(31,32)26-21-6-7-23(22(18-21)25(29)30)28-12-9-20(10-13-28)8-11-27-14-16-33-17-15-27/h2-7,18,20,26H,8-17H2,1H3,(H,29,30). The summed E-state index contributed by atoms with van der Waals surface area (Å²) in [5.74, 6) is -0.436. The van der Waals surface area contributed by atoms with E-state index in [9.17, 15) is 18.3 Å². The average Bonchev–Trinajstić information content (AvgIpc) is 2.83. The van der Waals surface area contributed by atoms with E-state index in [1.54, 1.807) is 37.3 Å². The highest BCUT2D eigenvalue weighted by Gasteiger charge is 2.25. The third-order valence-corrected chi connectivity index (χ3v) is 8.32. The van der Waals surface area contributed by atoms with Gasteiger partial charge in [-0.2, -0.15) is 0 Å². The van der Waals surface area contributed by atoms with Crippen LogP contribution in [0.3, 0.4) is 0 Å². The third-order valence-electron chi connectivity index (χ3n) is 6.77. The number of nitrogens with zero attached hydrogens (tertiary/aromatic N) is 2. The van der Waals surface area contributed by atoms with Crippen molar-refractivity contribution in [1.82, 2.24) is 4.90 Å². The van der Waals surface area contributed by atoms with Crippen molar-refractivity contribution in [3.8, 4) is 0 Å². The summed E-state index contributed by atoms with van der Waals surface area (Å²) in [6.45, 7) is 8.03. The minimum absolute atomic E-state index is 0.108. The lowest BCUT2D eigenvalue weighted by atomic mass is 9.92. The van der Waals surface area contributed by atoms with E-state index >= 15 is 0 Å². The first kappa shape index (κ1) is 24.5. The molecule has 2 N–H and O–H groups in total. The van der Waals surface area contributed by atoms with Crippen molar-refractivity contribution in [3.63, 3.8) is 0 Å². The number of hydrogen-bond donors (Lipinski definition) is 2. The molecule has 0 amide bonds. The molecule has 2 aliphatic rings. The smallest absolute Gasteiger partial charge is 0.337 e. The van der Waals surface area contributed by atoms with Crippen LogP contribution in [-0.4, -0.2) is 70.3 Å². The molecule has 0 bridgehead atoms. The monoisotopic (exact) mass is 487 g/mol. The van der Waals surface area contributed by atoms with Crippen molar-refractivity contribution in [1.29, 1.82) is 0 Å². The summed E-state index contributed by atoms with van der Waals surface area (Å²) in [4.78, 5) is 16.8. The maximum atomic E-state index is 12.8. The highest BCUT2D eigenvalue weighted by Crippen LogP contribution is 2.31. The van der Waals surface area contributed by atoms with Crippen LogP contribution < -0.4 is 9.62 Å². The van der Waals surface area contributed by atoms with Crippen molar-refractivity contribution in [3.05, 3.63) is 53.6 Å². The van der Waals surface area contributed by atoms with Gasteiger partial charge in [0.2, 0.25) is 0 Å². The molecule has 2 heterocycles. The molecule has 2 saturated heterocycles. The van der Waals surface area contributed by atoms with E-state index in [0.717, 1.165) is 65.2 Å². The van der Waals surface area contributed by atoms with Crippen LogP contribution in [0.1, 0.15) is 35.2 Å². The molecule has 0 aromatic heterocycles. The summed E-state index contributed by atoms with van der Waals surface area (Å²) >= 11 is 0. The van der Waals surface area contributed by atoms with Gasteiger partial charge in [0.25, 0.3) is 10.0 Å².